The zero-order valence-electron chi connectivity index (χ0n) is 12.3. The first-order chi connectivity index (χ1) is 11.2. The number of benzene rings is 2. The molecule has 1 heterocycles. The molecule has 0 fully saturated rings. The van der Waals surface area contributed by atoms with Gasteiger partial charge >= 0.3 is 0 Å². The molecular weight excluding hydrogens is 292 g/mol. The molecule has 0 unspecified atom stereocenters. The first-order valence-corrected chi connectivity index (χ1v) is 7.10. The maximum absolute atomic E-state index is 11.1. The van der Waals surface area contributed by atoms with Crippen LogP contribution in [0.2, 0.25) is 0 Å². The Morgan fingerprint density at radius 2 is 1.70 bits per heavy atom. The van der Waals surface area contributed by atoms with Crippen molar-refractivity contribution in [2.45, 2.75) is 6.61 Å². The largest absolute Gasteiger partial charge is 0.487 e. The van der Waals surface area contributed by atoms with Crippen molar-refractivity contribution in [2.75, 3.05) is 0 Å². The summed E-state index contributed by atoms with van der Waals surface area (Å²) in [4.78, 5) is 14.9. The molecule has 3 aromatic rings. The van der Waals surface area contributed by atoms with Crippen LogP contribution in [0.4, 0.5) is 5.69 Å². The summed E-state index contributed by atoms with van der Waals surface area (Å²) in [5.41, 5.74) is 2.14. The van der Waals surface area contributed by atoms with Crippen molar-refractivity contribution in [1.82, 2.24) is 4.98 Å². The van der Waals surface area contributed by atoms with Crippen LogP contribution in [0.3, 0.4) is 0 Å². The lowest BCUT2D eigenvalue weighted by molar-refractivity contribution is -0.384. The van der Waals surface area contributed by atoms with Crippen LogP contribution in [0, 0.1) is 10.1 Å². The van der Waals surface area contributed by atoms with E-state index in [2.05, 4.69) is 4.98 Å². The molecular formula is C18H14N2O3. The third kappa shape index (κ3) is 3.52. The van der Waals surface area contributed by atoms with Gasteiger partial charge in [0.1, 0.15) is 12.4 Å². The van der Waals surface area contributed by atoms with Gasteiger partial charge < -0.3 is 4.74 Å². The van der Waals surface area contributed by atoms with Gasteiger partial charge in [-0.3, -0.25) is 15.1 Å². The molecule has 23 heavy (non-hydrogen) atoms. The topological polar surface area (TPSA) is 65.3 Å². The van der Waals surface area contributed by atoms with Crippen molar-refractivity contribution in [1.29, 1.82) is 0 Å². The molecule has 0 radical (unpaired) electrons. The molecule has 0 spiro atoms. The number of hydrogen-bond acceptors (Lipinski definition) is 4. The van der Waals surface area contributed by atoms with Crippen molar-refractivity contribution < 1.29 is 9.66 Å². The van der Waals surface area contributed by atoms with Gasteiger partial charge in [-0.15, -0.1) is 0 Å². The number of para-hydroxylation sites is 1. The lowest BCUT2D eigenvalue weighted by Gasteiger charge is -2.07. The van der Waals surface area contributed by atoms with E-state index in [0.29, 0.717) is 23.6 Å². The van der Waals surface area contributed by atoms with Crippen molar-refractivity contribution in [3.05, 3.63) is 88.6 Å². The van der Waals surface area contributed by atoms with Gasteiger partial charge in [-0.1, -0.05) is 42.5 Å². The molecule has 5 heteroatoms. The Hall–Kier alpha value is -3.21. The first-order valence-electron chi connectivity index (χ1n) is 7.10. The normalized spacial score (nSPS) is 10.3. The van der Waals surface area contributed by atoms with Crippen LogP contribution in [-0.2, 0) is 6.61 Å². The van der Waals surface area contributed by atoms with E-state index in [-0.39, 0.29) is 5.69 Å². The highest BCUT2D eigenvalue weighted by atomic mass is 16.6. The van der Waals surface area contributed by atoms with Gasteiger partial charge in [0.2, 0.25) is 0 Å². The molecule has 2 aromatic carbocycles. The molecule has 0 saturated carbocycles. The maximum atomic E-state index is 11.1. The Morgan fingerprint density at radius 3 is 2.39 bits per heavy atom. The Morgan fingerprint density at radius 1 is 0.957 bits per heavy atom. The van der Waals surface area contributed by atoms with E-state index < -0.39 is 4.92 Å². The minimum Gasteiger partial charge on any atom is -0.487 e. The Kier molecular flexibility index (Phi) is 4.29. The highest BCUT2D eigenvalue weighted by Gasteiger charge is 2.14. The van der Waals surface area contributed by atoms with Crippen LogP contribution < -0.4 is 4.74 Å². The Labute approximate surface area is 133 Å². The number of rotatable bonds is 5. The van der Waals surface area contributed by atoms with Gasteiger partial charge in [0.25, 0.3) is 5.69 Å². The average Bonchev–Trinajstić information content (AvgIpc) is 2.61. The molecule has 0 atom stereocenters. The lowest BCUT2D eigenvalue weighted by atomic mass is 10.1. The van der Waals surface area contributed by atoms with Crippen LogP contribution in [-0.4, -0.2) is 9.91 Å². The highest BCUT2D eigenvalue weighted by molar-refractivity contribution is 5.70. The van der Waals surface area contributed by atoms with E-state index in [0.717, 1.165) is 5.56 Å². The summed E-state index contributed by atoms with van der Waals surface area (Å²) in [7, 11) is 0. The quantitative estimate of drug-likeness (QED) is 0.522. The molecule has 1 aromatic heterocycles. The fourth-order valence-electron chi connectivity index (χ4n) is 2.22. The third-order valence-corrected chi connectivity index (χ3v) is 3.36. The molecule has 0 amide bonds. The van der Waals surface area contributed by atoms with Gasteiger partial charge in [0.15, 0.2) is 0 Å². The summed E-state index contributed by atoms with van der Waals surface area (Å²) >= 11 is 0. The third-order valence-electron chi connectivity index (χ3n) is 3.36. The molecule has 114 valence electrons. The summed E-state index contributed by atoms with van der Waals surface area (Å²) in [6, 6.07) is 19.9. The van der Waals surface area contributed by atoms with Crippen molar-refractivity contribution in [3.8, 4) is 17.0 Å². The van der Waals surface area contributed by atoms with Gasteiger partial charge in [0.05, 0.1) is 22.4 Å². The number of aromatic nitrogens is 1. The summed E-state index contributed by atoms with van der Waals surface area (Å²) < 4.78 is 5.66. The van der Waals surface area contributed by atoms with E-state index in [1.54, 1.807) is 36.5 Å². The number of nitro groups is 1. The van der Waals surface area contributed by atoms with Crippen molar-refractivity contribution >= 4 is 5.69 Å². The maximum Gasteiger partial charge on any atom is 0.278 e. The Balaban J connectivity index is 1.76. The van der Waals surface area contributed by atoms with E-state index in [1.807, 2.05) is 30.3 Å². The predicted octanol–water partition coefficient (Wildman–Crippen LogP) is 4.24. The van der Waals surface area contributed by atoms with Crippen LogP contribution in [0.1, 0.15) is 5.56 Å². The number of ether oxygens (including phenoxy) is 1. The van der Waals surface area contributed by atoms with E-state index in [9.17, 15) is 10.1 Å². The molecule has 0 aliphatic carbocycles. The smallest absolute Gasteiger partial charge is 0.278 e. The molecule has 0 saturated heterocycles. The summed E-state index contributed by atoms with van der Waals surface area (Å²) in [5, 5.41) is 11.1. The monoisotopic (exact) mass is 306 g/mol. The van der Waals surface area contributed by atoms with Crippen LogP contribution in [0.25, 0.3) is 11.3 Å². The number of hydrogen-bond donors (Lipinski definition) is 0. The van der Waals surface area contributed by atoms with Crippen LogP contribution in [0.5, 0.6) is 5.75 Å². The molecule has 0 aliphatic heterocycles. The van der Waals surface area contributed by atoms with Gasteiger partial charge in [-0.25, -0.2) is 0 Å². The second-order valence-electron chi connectivity index (χ2n) is 4.93. The van der Waals surface area contributed by atoms with Crippen molar-refractivity contribution in [2.24, 2.45) is 0 Å². The van der Waals surface area contributed by atoms with Gasteiger partial charge in [-0.05, 0) is 23.8 Å². The first kappa shape index (κ1) is 14.7. The summed E-state index contributed by atoms with van der Waals surface area (Å²) in [5.74, 6) is 0.621. The number of nitrogens with zero attached hydrogens (tertiary/aromatic N) is 2. The molecule has 5 nitrogen and oxygen atoms in total. The number of nitro benzene ring substituents is 1. The molecule has 3 rings (SSSR count). The molecule has 0 N–H and O–H groups in total. The second-order valence-corrected chi connectivity index (χ2v) is 4.93. The highest BCUT2D eigenvalue weighted by Crippen LogP contribution is 2.28. The van der Waals surface area contributed by atoms with E-state index in [1.165, 1.54) is 6.07 Å². The molecule has 0 aliphatic rings. The standard InChI is InChI=1S/C18H14N2O3/c21-20(22)18-9-5-4-8-16(18)17-11-10-15(12-19-17)23-13-14-6-2-1-3-7-14/h1-12H,13H2. The SMILES string of the molecule is O=[N+]([O-])c1ccccc1-c1ccc(OCc2ccccc2)cn1. The zero-order chi connectivity index (χ0) is 16.1. The predicted molar refractivity (Wildman–Crippen MR) is 87.1 cm³/mol. The second kappa shape index (κ2) is 6.70. The van der Waals surface area contributed by atoms with Crippen molar-refractivity contribution in [3.63, 3.8) is 0 Å². The van der Waals surface area contributed by atoms with Crippen LogP contribution in [0.15, 0.2) is 72.9 Å². The Bertz CT molecular complexity index is 802. The van der Waals surface area contributed by atoms with E-state index in [4.69, 9.17) is 4.74 Å². The fraction of sp³-hybridized carbons (Fsp3) is 0.0556. The minimum absolute atomic E-state index is 0.0398. The summed E-state index contributed by atoms with van der Waals surface area (Å²) in [6.45, 7) is 0.452. The lowest BCUT2D eigenvalue weighted by Crippen LogP contribution is -1.96. The van der Waals surface area contributed by atoms with Gasteiger partial charge in [-0.2, -0.15) is 0 Å². The molecule has 0 bridgehead atoms. The van der Waals surface area contributed by atoms with Crippen LogP contribution >= 0.6 is 0 Å². The zero-order valence-corrected chi connectivity index (χ0v) is 12.3. The van der Waals surface area contributed by atoms with Gasteiger partial charge in [0, 0.05) is 6.07 Å². The summed E-state index contributed by atoms with van der Waals surface area (Å²) in [6.07, 6.45) is 1.58. The van der Waals surface area contributed by atoms with E-state index >= 15 is 0 Å². The fourth-order valence-corrected chi connectivity index (χ4v) is 2.22. The minimum atomic E-state index is -0.406. The number of pyridine rings is 1. The average molecular weight is 306 g/mol.